The predicted molar refractivity (Wildman–Crippen MR) is 85.3 cm³/mol. The van der Waals surface area contributed by atoms with E-state index in [-0.39, 0.29) is 19.1 Å². The number of H-pyrrole nitrogens is 1. The molecular weight excluding hydrogens is 296 g/mol. The SMILES string of the molecule is Cc1cccc2c(CCC(=O)N3CCOC(C(=O)O)C3)c[nH]c12. The van der Waals surface area contributed by atoms with Gasteiger partial charge >= 0.3 is 5.97 Å². The number of para-hydroxylation sites is 1. The van der Waals surface area contributed by atoms with Crippen molar-refractivity contribution < 1.29 is 19.4 Å². The Labute approximate surface area is 134 Å². The fraction of sp³-hybridized carbons (Fsp3) is 0.412. The zero-order chi connectivity index (χ0) is 16.4. The molecule has 1 unspecified atom stereocenters. The number of carbonyl (C=O) groups excluding carboxylic acids is 1. The van der Waals surface area contributed by atoms with Gasteiger partial charge in [0.05, 0.1) is 13.2 Å². The van der Waals surface area contributed by atoms with Crippen molar-refractivity contribution in [3.63, 3.8) is 0 Å². The molecule has 6 nitrogen and oxygen atoms in total. The van der Waals surface area contributed by atoms with Crippen LogP contribution in [0.3, 0.4) is 0 Å². The van der Waals surface area contributed by atoms with Gasteiger partial charge in [-0.1, -0.05) is 18.2 Å². The average Bonchev–Trinajstić information content (AvgIpc) is 2.97. The molecule has 6 heteroatoms. The van der Waals surface area contributed by atoms with Crippen LogP contribution < -0.4 is 0 Å². The lowest BCUT2D eigenvalue weighted by molar-refractivity contribution is -0.159. The summed E-state index contributed by atoms with van der Waals surface area (Å²) >= 11 is 0. The van der Waals surface area contributed by atoms with E-state index >= 15 is 0 Å². The van der Waals surface area contributed by atoms with E-state index in [1.807, 2.05) is 31.3 Å². The number of morpholine rings is 1. The fourth-order valence-electron chi connectivity index (χ4n) is 3.00. The van der Waals surface area contributed by atoms with Crippen LogP contribution in [-0.2, 0) is 20.7 Å². The van der Waals surface area contributed by atoms with Gasteiger partial charge in [-0.15, -0.1) is 0 Å². The van der Waals surface area contributed by atoms with Crippen molar-refractivity contribution in [2.75, 3.05) is 19.7 Å². The topological polar surface area (TPSA) is 82.6 Å². The van der Waals surface area contributed by atoms with Crippen LogP contribution in [0.5, 0.6) is 0 Å². The number of ether oxygens (including phenoxy) is 1. The zero-order valence-electron chi connectivity index (χ0n) is 13.0. The number of hydrogen-bond donors (Lipinski definition) is 2. The van der Waals surface area contributed by atoms with E-state index in [1.54, 1.807) is 4.90 Å². The molecule has 1 aliphatic heterocycles. The number of rotatable bonds is 4. The summed E-state index contributed by atoms with van der Waals surface area (Å²) in [6, 6.07) is 6.11. The van der Waals surface area contributed by atoms with Gasteiger partial charge in [-0.25, -0.2) is 4.79 Å². The van der Waals surface area contributed by atoms with Gasteiger partial charge in [0.25, 0.3) is 0 Å². The molecule has 0 radical (unpaired) electrons. The minimum atomic E-state index is -1.02. The maximum atomic E-state index is 12.3. The monoisotopic (exact) mass is 316 g/mol. The van der Waals surface area contributed by atoms with Gasteiger partial charge in [0.2, 0.25) is 5.91 Å². The standard InChI is InChI=1S/C17H20N2O4/c1-11-3-2-4-13-12(9-18-16(11)13)5-6-15(20)19-7-8-23-14(10-19)17(21)22/h2-4,9,14,18H,5-8,10H2,1H3,(H,21,22). The average molecular weight is 316 g/mol. The number of aromatic nitrogens is 1. The van der Waals surface area contributed by atoms with Crippen LogP contribution in [0.15, 0.2) is 24.4 Å². The Morgan fingerprint density at radius 1 is 1.43 bits per heavy atom. The molecule has 2 heterocycles. The Bertz CT molecular complexity index is 737. The Balaban J connectivity index is 1.64. The second-order valence-corrected chi connectivity index (χ2v) is 5.85. The van der Waals surface area contributed by atoms with Crippen LogP contribution in [0, 0.1) is 6.92 Å². The molecular formula is C17H20N2O4. The van der Waals surface area contributed by atoms with Gasteiger partial charge in [0.1, 0.15) is 0 Å². The molecule has 1 saturated heterocycles. The van der Waals surface area contributed by atoms with Gasteiger partial charge in [0, 0.05) is 30.1 Å². The number of aliphatic carboxylic acids is 1. The molecule has 1 aromatic carbocycles. The van der Waals surface area contributed by atoms with Crippen molar-refractivity contribution in [2.45, 2.75) is 25.9 Å². The van der Waals surface area contributed by atoms with Crippen LogP contribution >= 0.6 is 0 Å². The van der Waals surface area contributed by atoms with E-state index < -0.39 is 12.1 Å². The maximum absolute atomic E-state index is 12.3. The molecule has 1 aliphatic rings. The summed E-state index contributed by atoms with van der Waals surface area (Å²) in [5.41, 5.74) is 3.39. The Morgan fingerprint density at radius 2 is 2.26 bits per heavy atom. The van der Waals surface area contributed by atoms with Gasteiger partial charge in [-0.05, 0) is 24.5 Å². The molecule has 122 valence electrons. The Morgan fingerprint density at radius 3 is 3.04 bits per heavy atom. The highest BCUT2D eigenvalue weighted by Crippen LogP contribution is 2.22. The zero-order valence-corrected chi connectivity index (χ0v) is 13.0. The van der Waals surface area contributed by atoms with Gasteiger partial charge < -0.3 is 19.7 Å². The Kier molecular flexibility index (Phi) is 4.34. The van der Waals surface area contributed by atoms with Crippen molar-refractivity contribution >= 4 is 22.8 Å². The molecule has 3 rings (SSSR count). The summed E-state index contributed by atoms with van der Waals surface area (Å²) in [5, 5.41) is 10.1. The number of carbonyl (C=O) groups is 2. The minimum absolute atomic E-state index is 0.0263. The molecule has 0 aliphatic carbocycles. The fourth-order valence-corrected chi connectivity index (χ4v) is 3.00. The number of nitrogens with one attached hydrogen (secondary N) is 1. The number of amides is 1. The third-order valence-corrected chi connectivity index (χ3v) is 4.31. The van der Waals surface area contributed by atoms with Crippen molar-refractivity contribution in [2.24, 2.45) is 0 Å². The summed E-state index contributed by atoms with van der Waals surface area (Å²) in [4.78, 5) is 28.2. The molecule has 0 saturated carbocycles. The molecule has 0 spiro atoms. The lowest BCUT2D eigenvalue weighted by Gasteiger charge is -2.30. The molecule has 1 fully saturated rings. The summed E-state index contributed by atoms with van der Waals surface area (Å²) < 4.78 is 5.14. The second-order valence-electron chi connectivity index (χ2n) is 5.85. The van der Waals surface area contributed by atoms with Crippen LogP contribution in [-0.4, -0.2) is 52.7 Å². The number of fused-ring (bicyclic) bond motifs is 1. The first-order valence-electron chi connectivity index (χ1n) is 7.74. The molecule has 2 aromatic rings. The number of aryl methyl sites for hydroxylation is 2. The van der Waals surface area contributed by atoms with E-state index in [2.05, 4.69) is 4.98 Å². The van der Waals surface area contributed by atoms with E-state index in [4.69, 9.17) is 9.84 Å². The van der Waals surface area contributed by atoms with Crippen LogP contribution in [0.25, 0.3) is 10.9 Å². The van der Waals surface area contributed by atoms with E-state index in [0.717, 1.165) is 16.5 Å². The summed E-state index contributed by atoms with van der Waals surface area (Å²) in [6.07, 6.45) is 2.04. The first-order chi connectivity index (χ1) is 11.1. The molecule has 23 heavy (non-hydrogen) atoms. The van der Waals surface area contributed by atoms with Crippen molar-refractivity contribution in [1.82, 2.24) is 9.88 Å². The first-order valence-corrected chi connectivity index (χ1v) is 7.74. The van der Waals surface area contributed by atoms with Crippen LogP contribution in [0.1, 0.15) is 17.5 Å². The van der Waals surface area contributed by atoms with Crippen molar-refractivity contribution in [3.8, 4) is 0 Å². The molecule has 2 N–H and O–H groups in total. The number of aromatic amines is 1. The number of benzene rings is 1. The van der Waals surface area contributed by atoms with Crippen molar-refractivity contribution in [3.05, 3.63) is 35.5 Å². The summed E-state index contributed by atoms with van der Waals surface area (Å²) in [7, 11) is 0. The largest absolute Gasteiger partial charge is 0.479 e. The number of carboxylic acid groups (broad SMARTS) is 1. The van der Waals surface area contributed by atoms with Crippen molar-refractivity contribution in [1.29, 1.82) is 0 Å². The maximum Gasteiger partial charge on any atom is 0.334 e. The van der Waals surface area contributed by atoms with Gasteiger partial charge in [-0.2, -0.15) is 0 Å². The van der Waals surface area contributed by atoms with E-state index in [1.165, 1.54) is 5.56 Å². The highest BCUT2D eigenvalue weighted by atomic mass is 16.5. The van der Waals surface area contributed by atoms with Crippen LogP contribution in [0.2, 0.25) is 0 Å². The highest BCUT2D eigenvalue weighted by molar-refractivity contribution is 5.86. The molecule has 1 atom stereocenters. The minimum Gasteiger partial charge on any atom is -0.479 e. The smallest absolute Gasteiger partial charge is 0.334 e. The Hall–Kier alpha value is -2.34. The molecule has 1 aromatic heterocycles. The van der Waals surface area contributed by atoms with Crippen LogP contribution in [0.4, 0.5) is 0 Å². The summed E-state index contributed by atoms with van der Waals surface area (Å²) in [6.45, 7) is 2.90. The summed E-state index contributed by atoms with van der Waals surface area (Å²) in [5.74, 6) is -1.05. The van der Waals surface area contributed by atoms with Gasteiger partial charge in [-0.3, -0.25) is 4.79 Å². The second kappa shape index (κ2) is 6.42. The third-order valence-electron chi connectivity index (χ3n) is 4.31. The molecule has 0 bridgehead atoms. The van der Waals surface area contributed by atoms with E-state index in [0.29, 0.717) is 19.4 Å². The number of nitrogens with zero attached hydrogens (tertiary/aromatic N) is 1. The third kappa shape index (κ3) is 3.22. The lowest BCUT2D eigenvalue weighted by atomic mass is 10.1. The lowest BCUT2D eigenvalue weighted by Crippen LogP contribution is -2.48. The highest BCUT2D eigenvalue weighted by Gasteiger charge is 2.28. The predicted octanol–water partition coefficient (Wildman–Crippen LogP) is 1.72. The number of carboxylic acids is 1. The van der Waals surface area contributed by atoms with Gasteiger partial charge in [0.15, 0.2) is 6.10 Å². The quantitative estimate of drug-likeness (QED) is 0.900. The number of hydrogen-bond acceptors (Lipinski definition) is 3. The molecule has 1 amide bonds. The first kappa shape index (κ1) is 15.6. The normalized spacial score (nSPS) is 18.3. The van der Waals surface area contributed by atoms with E-state index in [9.17, 15) is 9.59 Å².